The molecule has 0 unspecified atom stereocenters. The SMILES string of the molecule is Cc1nc(CC(=O)N2CCC[C@@H]2c2ccc(Nc3ncccn3)cn2)cs1. The molecule has 0 bridgehead atoms. The summed E-state index contributed by atoms with van der Waals surface area (Å²) in [6.07, 6.45) is 7.41. The number of nitrogens with zero attached hydrogens (tertiary/aromatic N) is 5. The van der Waals surface area contributed by atoms with Crippen LogP contribution in [0.5, 0.6) is 0 Å². The van der Waals surface area contributed by atoms with Crippen LogP contribution in [0, 0.1) is 6.92 Å². The van der Waals surface area contributed by atoms with Gasteiger partial charge in [-0.3, -0.25) is 9.78 Å². The third-order valence-corrected chi connectivity index (χ3v) is 5.34. The van der Waals surface area contributed by atoms with Crippen LogP contribution < -0.4 is 5.32 Å². The number of nitrogens with one attached hydrogen (secondary N) is 1. The number of anilines is 2. The lowest BCUT2D eigenvalue weighted by molar-refractivity contribution is -0.131. The molecule has 1 amide bonds. The van der Waals surface area contributed by atoms with E-state index in [0.717, 1.165) is 41.5 Å². The van der Waals surface area contributed by atoms with Crippen molar-refractivity contribution in [2.75, 3.05) is 11.9 Å². The molecule has 1 saturated heterocycles. The lowest BCUT2D eigenvalue weighted by Crippen LogP contribution is -2.32. The average Bonchev–Trinajstić information content (AvgIpc) is 3.32. The summed E-state index contributed by atoms with van der Waals surface area (Å²) in [5.41, 5.74) is 2.58. The van der Waals surface area contributed by atoms with E-state index in [-0.39, 0.29) is 11.9 Å². The zero-order chi connectivity index (χ0) is 18.6. The van der Waals surface area contributed by atoms with Gasteiger partial charge in [0.15, 0.2) is 0 Å². The van der Waals surface area contributed by atoms with Crippen LogP contribution in [0.1, 0.15) is 35.3 Å². The molecule has 1 N–H and O–H groups in total. The Kier molecular flexibility index (Phi) is 5.06. The van der Waals surface area contributed by atoms with Gasteiger partial charge in [0.1, 0.15) is 0 Å². The highest BCUT2D eigenvalue weighted by molar-refractivity contribution is 7.09. The number of carbonyl (C=O) groups is 1. The number of thiazole rings is 1. The minimum absolute atomic E-state index is 0.0271. The molecule has 0 aliphatic carbocycles. The third kappa shape index (κ3) is 4.11. The first-order chi connectivity index (χ1) is 13.2. The molecule has 27 heavy (non-hydrogen) atoms. The molecule has 1 fully saturated rings. The van der Waals surface area contributed by atoms with Crippen LogP contribution in [-0.4, -0.2) is 37.3 Å². The van der Waals surface area contributed by atoms with Gasteiger partial charge >= 0.3 is 0 Å². The normalized spacial score (nSPS) is 16.5. The molecule has 7 nitrogen and oxygen atoms in total. The molecule has 4 rings (SSSR count). The number of hydrogen-bond acceptors (Lipinski definition) is 7. The Labute approximate surface area is 161 Å². The van der Waals surface area contributed by atoms with Crippen LogP contribution in [0.15, 0.2) is 42.2 Å². The quantitative estimate of drug-likeness (QED) is 0.731. The van der Waals surface area contributed by atoms with Crippen molar-refractivity contribution in [1.82, 2.24) is 24.8 Å². The molecule has 1 aliphatic rings. The third-order valence-electron chi connectivity index (χ3n) is 4.52. The Morgan fingerprint density at radius 2 is 2.15 bits per heavy atom. The smallest absolute Gasteiger partial charge is 0.229 e. The van der Waals surface area contributed by atoms with Crippen molar-refractivity contribution in [2.45, 2.75) is 32.2 Å². The van der Waals surface area contributed by atoms with E-state index >= 15 is 0 Å². The highest BCUT2D eigenvalue weighted by Crippen LogP contribution is 2.32. The zero-order valence-corrected chi connectivity index (χ0v) is 15.8. The fraction of sp³-hybridized carbons (Fsp3) is 0.316. The largest absolute Gasteiger partial charge is 0.334 e. The maximum Gasteiger partial charge on any atom is 0.229 e. The molecule has 3 aromatic heterocycles. The number of likely N-dealkylation sites (tertiary alicyclic amines) is 1. The fourth-order valence-corrected chi connectivity index (χ4v) is 3.90. The topological polar surface area (TPSA) is 83.9 Å². The molecular formula is C19H20N6OS. The van der Waals surface area contributed by atoms with Crippen LogP contribution in [0.25, 0.3) is 0 Å². The summed E-state index contributed by atoms with van der Waals surface area (Å²) in [5.74, 6) is 0.646. The number of aromatic nitrogens is 4. The number of aryl methyl sites for hydroxylation is 1. The standard InChI is InChI=1S/C19H20N6OS/c1-13-23-15(12-27-13)10-18(26)25-9-2-4-17(25)16-6-5-14(11-22-16)24-19-20-7-3-8-21-19/h3,5-8,11-12,17H,2,4,9-10H2,1H3,(H,20,21,24)/t17-/m1/s1. The van der Waals surface area contributed by atoms with E-state index in [1.807, 2.05) is 29.3 Å². The van der Waals surface area contributed by atoms with Gasteiger partial charge in [0, 0.05) is 24.3 Å². The minimum atomic E-state index is 0.0271. The molecule has 1 aliphatic heterocycles. The Hall–Kier alpha value is -2.87. The summed E-state index contributed by atoms with van der Waals surface area (Å²) in [6, 6.07) is 5.71. The van der Waals surface area contributed by atoms with Gasteiger partial charge in [-0.05, 0) is 38.0 Å². The molecule has 1 atom stereocenters. The molecule has 3 aromatic rings. The molecule has 0 spiro atoms. The van der Waals surface area contributed by atoms with E-state index in [1.165, 1.54) is 0 Å². The predicted octanol–water partition coefficient (Wildman–Crippen LogP) is 3.29. The second-order valence-electron chi connectivity index (χ2n) is 6.45. The van der Waals surface area contributed by atoms with Crippen LogP contribution in [0.4, 0.5) is 11.6 Å². The summed E-state index contributed by atoms with van der Waals surface area (Å²) in [5, 5.41) is 6.07. The van der Waals surface area contributed by atoms with E-state index in [2.05, 4.69) is 25.3 Å². The zero-order valence-electron chi connectivity index (χ0n) is 15.0. The maximum atomic E-state index is 12.7. The first kappa shape index (κ1) is 17.5. The van der Waals surface area contributed by atoms with E-state index in [0.29, 0.717) is 12.4 Å². The van der Waals surface area contributed by atoms with Crippen LogP contribution in [0.3, 0.4) is 0 Å². The summed E-state index contributed by atoms with van der Waals surface area (Å²) in [7, 11) is 0. The van der Waals surface area contributed by atoms with Crippen LogP contribution in [-0.2, 0) is 11.2 Å². The number of carbonyl (C=O) groups excluding carboxylic acids is 1. The highest BCUT2D eigenvalue weighted by Gasteiger charge is 2.31. The van der Waals surface area contributed by atoms with Gasteiger partial charge in [0.25, 0.3) is 0 Å². The van der Waals surface area contributed by atoms with E-state index in [9.17, 15) is 4.79 Å². The number of rotatable bonds is 5. The molecule has 0 radical (unpaired) electrons. The lowest BCUT2D eigenvalue weighted by Gasteiger charge is -2.24. The van der Waals surface area contributed by atoms with Crippen molar-refractivity contribution < 1.29 is 4.79 Å². The van der Waals surface area contributed by atoms with Crippen molar-refractivity contribution in [2.24, 2.45) is 0 Å². The molecule has 138 valence electrons. The fourth-order valence-electron chi connectivity index (χ4n) is 3.29. The van der Waals surface area contributed by atoms with Crippen molar-refractivity contribution in [1.29, 1.82) is 0 Å². The Bertz CT molecular complexity index is 911. The highest BCUT2D eigenvalue weighted by atomic mass is 32.1. The molecule has 4 heterocycles. The summed E-state index contributed by atoms with van der Waals surface area (Å²) in [4.78, 5) is 32.0. The van der Waals surface area contributed by atoms with E-state index in [1.54, 1.807) is 36.0 Å². The second-order valence-corrected chi connectivity index (χ2v) is 7.51. The Balaban J connectivity index is 1.44. The Morgan fingerprint density at radius 1 is 1.30 bits per heavy atom. The van der Waals surface area contributed by atoms with Crippen LogP contribution >= 0.6 is 11.3 Å². The first-order valence-electron chi connectivity index (χ1n) is 8.89. The van der Waals surface area contributed by atoms with Gasteiger partial charge < -0.3 is 10.2 Å². The van der Waals surface area contributed by atoms with Gasteiger partial charge in [0.05, 0.1) is 40.7 Å². The number of pyridine rings is 1. The van der Waals surface area contributed by atoms with Crippen molar-refractivity contribution >= 4 is 28.9 Å². The van der Waals surface area contributed by atoms with Gasteiger partial charge in [0.2, 0.25) is 11.9 Å². The van der Waals surface area contributed by atoms with Gasteiger partial charge in [-0.25, -0.2) is 15.0 Å². The molecular weight excluding hydrogens is 360 g/mol. The van der Waals surface area contributed by atoms with Crippen molar-refractivity contribution in [3.05, 3.63) is 58.6 Å². The second kappa shape index (κ2) is 7.79. The molecule has 0 saturated carbocycles. The predicted molar refractivity (Wildman–Crippen MR) is 104 cm³/mol. The number of hydrogen-bond donors (Lipinski definition) is 1. The molecule has 0 aromatic carbocycles. The average molecular weight is 380 g/mol. The number of amides is 1. The van der Waals surface area contributed by atoms with Gasteiger partial charge in [-0.1, -0.05) is 0 Å². The maximum absolute atomic E-state index is 12.7. The van der Waals surface area contributed by atoms with Crippen molar-refractivity contribution in [3.8, 4) is 0 Å². The van der Waals surface area contributed by atoms with E-state index < -0.39 is 0 Å². The monoisotopic (exact) mass is 380 g/mol. The first-order valence-corrected chi connectivity index (χ1v) is 9.77. The van der Waals surface area contributed by atoms with Crippen molar-refractivity contribution in [3.63, 3.8) is 0 Å². The van der Waals surface area contributed by atoms with Crippen LogP contribution in [0.2, 0.25) is 0 Å². The molecule has 8 heteroatoms. The summed E-state index contributed by atoms with van der Waals surface area (Å²) >= 11 is 1.58. The van der Waals surface area contributed by atoms with Gasteiger partial charge in [-0.15, -0.1) is 11.3 Å². The van der Waals surface area contributed by atoms with Gasteiger partial charge in [-0.2, -0.15) is 0 Å². The minimum Gasteiger partial charge on any atom is -0.334 e. The van der Waals surface area contributed by atoms with E-state index in [4.69, 9.17) is 0 Å². The Morgan fingerprint density at radius 3 is 2.85 bits per heavy atom. The lowest BCUT2D eigenvalue weighted by atomic mass is 10.1. The summed E-state index contributed by atoms with van der Waals surface area (Å²) in [6.45, 7) is 2.73. The summed E-state index contributed by atoms with van der Waals surface area (Å²) < 4.78 is 0.